The van der Waals surface area contributed by atoms with Crippen LogP contribution >= 0.6 is 0 Å². The van der Waals surface area contributed by atoms with E-state index in [1.54, 1.807) is 6.33 Å². The summed E-state index contributed by atoms with van der Waals surface area (Å²) in [4.78, 5) is 15.1. The van der Waals surface area contributed by atoms with Crippen molar-refractivity contribution in [2.24, 2.45) is 0 Å². The van der Waals surface area contributed by atoms with Crippen molar-refractivity contribution in [2.45, 2.75) is 6.54 Å². The summed E-state index contributed by atoms with van der Waals surface area (Å²) in [7, 11) is 0. The van der Waals surface area contributed by atoms with Gasteiger partial charge in [0.15, 0.2) is 0 Å². The number of aromatic nitrogens is 4. The van der Waals surface area contributed by atoms with Crippen molar-refractivity contribution in [2.75, 3.05) is 36.5 Å². The second kappa shape index (κ2) is 7.27. The first-order valence-corrected chi connectivity index (χ1v) is 8.15. The molecule has 3 aromatic rings. The van der Waals surface area contributed by atoms with Crippen LogP contribution in [0.1, 0.15) is 5.89 Å². The topological polar surface area (TPSA) is 89.2 Å². The van der Waals surface area contributed by atoms with Crippen LogP contribution in [0.25, 0.3) is 11.4 Å². The molecule has 4 rings (SSSR count). The Hall–Kier alpha value is -3.00. The van der Waals surface area contributed by atoms with Crippen LogP contribution < -0.4 is 10.2 Å². The van der Waals surface area contributed by atoms with Gasteiger partial charge in [0, 0.05) is 24.7 Å². The molecule has 1 fully saturated rings. The molecule has 8 heteroatoms. The van der Waals surface area contributed by atoms with E-state index in [1.807, 2.05) is 36.4 Å². The van der Waals surface area contributed by atoms with Gasteiger partial charge in [-0.1, -0.05) is 35.5 Å². The van der Waals surface area contributed by atoms with E-state index in [2.05, 4.69) is 30.3 Å². The third kappa shape index (κ3) is 3.74. The number of ether oxygens (including phenoxy) is 1. The third-order valence-corrected chi connectivity index (χ3v) is 3.91. The summed E-state index contributed by atoms with van der Waals surface area (Å²) in [5, 5.41) is 7.21. The van der Waals surface area contributed by atoms with Crippen LogP contribution in [0, 0.1) is 0 Å². The van der Waals surface area contributed by atoms with Crippen molar-refractivity contribution in [1.82, 2.24) is 20.1 Å². The van der Waals surface area contributed by atoms with E-state index in [0.29, 0.717) is 18.3 Å². The minimum absolute atomic E-state index is 0.402. The van der Waals surface area contributed by atoms with E-state index < -0.39 is 0 Å². The van der Waals surface area contributed by atoms with Crippen LogP contribution in [0.15, 0.2) is 47.2 Å². The van der Waals surface area contributed by atoms with Crippen molar-refractivity contribution in [3.8, 4) is 11.4 Å². The molecule has 1 aromatic carbocycles. The Morgan fingerprint density at radius 1 is 1.08 bits per heavy atom. The Balaban J connectivity index is 1.41. The molecule has 0 saturated carbocycles. The van der Waals surface area contributed by atoms with Gasteiger partial charge in [-0.05, 0) is 0 Å². The molecular formula is C17H18N6O2. The molecule has 1 aliphatic rings. The predicted octanol–water partition coefficient (Wildman–Crippen LogP) is 1.98. The average molecular weight is 338 g/mol. The molecule has 0 amide bonds. The van der Waals surface area contributed by atoms with Crippen LogP contribution in [0.5, 0.6) is 0 Å². The molecule has 0 unspecified atom stereocenters. The smallest absolute Gasteiger partial charge is 0.246 e. The molecule has 0 bridgehead atoms. The zero-order valence-electron chi connectivity index (χ0n) is 13.6. The summed E-state index contributed by atoms with van der Waals surface area (Å²) in [6.45, 7) is 3.51. The Morgan fingerprint density at radius 3 is 2.76 bits per heavy atom. The van der Waals surface area contributed by atoms with E-state index in [4.69, 9.17) is 9.26 Å². The second-order valence-electron chi connectivity index (χ2n) is 5.59. The van der Waals surface area contributed by atoms with Gasteiger partial charge in [0.1, 0.15) is 18.0 Å². The van der Waals surface area contributed by atoms with Crippen molar-refractivity contribution in [1.29, 1.82) is 0 Å². The molecule has 0 atom stereocenters. The summed E-state index contributed by atoms with van der Waals surface area (Å²) >= 11 is 0. The molecule has 0 spiro atoms. The summed E-state index contributed by atoms with van der Waals surface area (Å²) in [5.74, 6) is 2.69. The van der Waals surface area contributed by atoms with Crippen LogP contribution in [-0.4, -0.2) is 46.4 Å². The lowest BCUT2D eigenvalue weighted by Crippen LogP contribution is -2.36. The molecule has 25 heavy (non-hydrogen) atoms. The molecule has 8 nitrogen and oxygen atoms in total. The first-order valence-electron chi connectivity index (χ1n) is 8.15. The fraction of sp³-hybridized carbons (Fsp3) is 0.294. The lowest BCUT2D eigenvalue weighted by Gasteiger charge is -2.27. The number of rotatable bonds is 5. The Bertz CT molecular complexity index is 817. The molecular weight excluding hydrogens is 320 g/mol. The lowest BCUT2D eigenvalue weighted by molar-refractivity contribution is 0.122. The van der Waals surface area contributed by atoms with Crippen LogP contribution in [-0.2, 0) is 11.3 Å². The number of hydrogen-bond donors (Lipinski definition) is 1. The third-order valence-electron chi connectivity index (χ3n) is 3.91. The number of hydrogen-bond acceptors (Lipinski definition) is 8. The minimum atomic E-state index is 0.402. The highest BCUT2D eigenvalue weighted by Gasteiger charge is 2.13. The highest BCUT2D eigenvalue weighted by Crippen LogP contribution is 2.17. The fourth-order valence-corrected chi connectivity index (χ4v) is 2.61. The Morgan fingerprint density at radius 2 is 1.92 bits per heavy atom. The summed E-state index contributed by atoms with van der Waals surface area (Å²) in [6.07, 6.45) is 1.55. The van der Waals surface area contributed by atoms with Crippen molar-refractivity contribution in [3.63, 3.8) is 0 Å². The normalized spacial score (nSPS) is 14.5. The molecule has 3 heterocycles. The van der Waals surface area contributed by atoms with Gasteiger partial charge >= 0.3 is 0 Å². The summed E-state index contributed by atoms with van der Waals surface area (Å²) in [5.41, 5.74) is 0.925. The number of benzene rings is 1. The van der Waals surface area contributed by atoms with E-state index in [-0.39, 0.29) is 0 Å². The lowest BCUT2D eigenvalue weighted by atomic mass is 10.2. The van der Waals surface area contributed by atoms with Crippen LogP contribution in [0.4, 0.5) is 11.6 Å². The minimum Gasteiger partial charge on any atom is -0.378 e. The molecule has 0 aliphatic carbocycles. The monoisotopic (exact) mass is 338 g/mol. The maximum absolute atomic E-state index is 5.37. The number of nitrogens with zero attached hydrogens (tertiary/aromatic N) is 5. The van der Waals surface area contributed by atoms with Crippen LogP contribution in [0.3, 0.4) is 0 Å². The average Bonchev–Trinajstić information content (AvgIpc) is 3.17. The van der Waals surface area contributed by atoms with Crippen molar-refractivity contribution in [3.05, 3.63) is 48.6 Å². The first kappa shape index (κ1) is 15.5. The number of nitrogens with one attached hydrogen (secondary N) is 1. The number of anilines is 2. The highest BCUT2D eigenvalue weighted by atomic mass is 16.5. The largest absolute Gasteiger partial charge is 0.378 e. The Labute approximate surface area is 144 Å². The van der Waals surface area contributed by atoms with Gasteiger partial charge in [0.05, 0.1) is 19.8 Å². The highest BCUT2D eigenvalue weighted by molar-refractivity contribution is 5.53. The van der Waals surface area contributed by atoms with Crippen molar-refractivity contribution >= 4 is 11.6 Å². The van der Waals surface area contributed by atoms with Gasteiger partial charge in [-0.15, -0.1) is 0 Å². The molecule has 1 saturated heterocycles. The molecule has 2 aromatic heterocycles. The predicted molar refractivity (Wildman–Crippen MR) is 92.1 cm³/mol. The SMILES string of the molecule is c1ccc(-c2noc(CNc3cc(N4CCOCC4)ncn3)n2)cc1. The van der Waals surface area contributed by atoms with Gasteiger partial charge < -0.3 is 19.5 Å². The van der Waals surface area contributed by atoms with E-state index >= 15 is 0 Å². The number of morpholine rings is 1. The van der Waals surface area contributed by atoms with E-state index in [0.717, 1.165) is 43.5 Å². The van der Waals surface area contributed by atoms with Crippen molar-refractivity contribution < 1.29 is 9.26 Å². The maximum atomic E-state index is 5.37. The quantitative estimate of drug-likeness (QED) is 0.755. The zero-order chi connectivity index (χ0) is 16.9. The van der Waals surface area contributed by atoms with Gasteiger partial charge in [-0.2, -0.15) is 4.98 Å². The van der Waals surface area contributed by atoms with E-state index in [1.165, 1.54) is 0 Å². The molecule has 1 aliphatic heterocycles. The van der Waals surface area contributed by atoms with Gasteiger partial charge in [0.2, 0.25) is 11.7 Å². The maximum Gasteiger partial charge on any atom is 0.246 e. The summed E-state index contributed by atoms with van der Waals surface area (Å²) < 4.78 is 10.7. The van der Waals surface area contributed by atoms with Gasteiger partial charge in [-0.25, -0.2) is 9.97 Å². The van der Waals surface area contributed by atoms with E-state index in [9.17, 15) is 0 Å². The fourth-order valence-electron chi connectivity index (χ4n) is 2.61. The van der Waals surface area contributed by atoms with Gasteiger partial charge in [-0.3, -0.25) is 0 Å². The first-order chi connectivity index (χ1) is 12.4. The zero-order valence-corrected chi connectivity index (χ0v) is 13.6. The molecule has 128 valence electrons. The molecule has 1 N–H and O–H groups in total. The van der Waals surface area contributed by atoms with Crippen LogP contribution in [0.2, 0.25) is 0 Å². The van der Waals surface area contributed by atoms with Gasteiger partial charge in [0.25, 0.3) is 0 Å². The molecule has 0 radical (unpaired) electrons. The standard InChI is InChI=1S/C17H18N6O2/c1-2-4-13(5-3-1)17-21-16(25-22-17)11-18-14-10-15(20-12-19-14)23-6-8-24-9-7-23/h1-5,10,12H,6-9,11H2,(H,18,19,20). The summed E-state index contributed by atoms with van der Waals surface area (Å²) in [6, 6.07) is 11.6. The Kier molecular flexibility index (Phi) is 4.51. The second-order valence-corrected chi connectivity index (χ2v) is 5.59.